The fourth-order valence-corrected chi connectivity index (χ4v) is 3.09. The quantitative estimate of drug-likeness (QED) is 0.474. The smallest absolute Gasteiger partial charge is 0.263 e. The fourth-order valence-electron chi connectivity index (χ4n) is 3.09. The molecular weight excluding hydrogens is 311 g/mol. The Morgan fingerprint density at radius 1 is 1.04 bits per heavy atom. The molecule has 1 aliphatic carbocycles. The fraction of sp³-hybridized carbons (Fsp3) is 0.389. The summed E-state index contributed by atoms with van der Waals surface area (Å²) >= 11 is 0. The predicted octanol–water partition coefficient (Wildman–Crippen LogP) is 3.01. The zero-order chi connectivity index (χ0) is 17.1. The van der Waals surface area contributed by atoms with Crippen LogP contribution in [0, 0.1) is 5.82 Å². The highest BCUT2D eigenvalue weighted by Gasteiger charge is 2.44. The van der Waals surface area contributed by atoms with E-state index in [0.29, 0.717) is 12.0 Å². The second kappa shape index (κ2) is 6.95. The van der Waals surface area contributed by atoms with E-state index in [-0.39, 0.29) is 13.1 Å². The number of rotatable bonds is 5. The highest BCUT2D eigenvalue weighted by Crippen LogP contribution is 2.22. The van der Waals surface area contributed by atoms with Crippen LogP contribution in [0.2, 0.25) is 0 Å². The van der Waals surface area contributed by atoms with Gasteiger partial charge in [-0.3, -0.25) is 19.4 Å². The summed E-state index contributed by atoms with van der Waals surface area (Å²) in [7, 11) is 0. The van der Waals surface area contributed by atoms with E-state index >= 15 is 0 Å². The van der Waals surface area contributed by atoms with Gasteiger partial charge in [-0.25, -0.2) is 9.18 Å². The molecule has 3 rings (SSSR count). The first-order valence-corrected chi connectivity index (χ1v) is 8.16. The Hall–Kier alpha value is -2.50. The third kappa shape index (κ3) is 3.37. The van der Waals surface area contributed by atoms with Gasteiger partial charge in [0.15, 0.2) is 0 Å². The largest absolute Gasteiger partial charge is 0.334 e. The molecule has 4 amide bonds. The first kappa shape index (κ1) is 16.4. The van der Waals surface area contributed by atoms with Gasteiger partial charge in [-0.1, -0.05) is 23.8 Å². The summed E-state index contributed by atoms with van der Waals surface area (Å²) in [5.74, 6) is -2.09. The Labute approximate surface area is 139 Å². The molecule has 126 valence electrons. The Bertz CT molecular complexity index is 714. The molecule has 1 fully saturated rings. The topological polar surface area (TPSA) is 57.7 Å². The Morgan fingerprint density at radius 2 is 1.83 bits per heavy atom. The number of amides is 4. The van der Waals surface area contributed by atoms with Crippen LogP contribution in [0.3, 0.4) is 0 Å². The molecule has 0 unspecified atom stereocenters. The van der Waals surface area contributed by atoms with Gasteiger partial charge in [0.1, 0.15) is 5.82 Å². The molecule has 0 N–H and O–H groups in total. The zero-order valence-electron chi connectivity index (χ0n) is 13.3. The van der Waals surface area contributed by atoms with Gasteiger partial charge >= 0.3 is 17.8 Å². The van der Waals surface area contributed by atoms with Crippen molar-refractivity contribution in [2.24, 2.45) is 0 Å². The number of allylic oxidation sites excluding steroid dienone is 1. The average Bonchev–Trinajstić information content (AvgIpc) is 2.78. The first-order valence-electron chi connectivity index (χ1n) is 8.16. The Kier molecular flexibility index (Phi) is 4.74. The molecule has 0 saturated carbocycles. The first-order chi connectivity index (χ1) is 11.6. The number of nitrogens with zero attached hydrogens (tertiary/aromatic N) is 2. The number of hydrogen-bond acceptors (Lipinski definition) is 3. The van der Waals surface area contributed by atoms with Crippen molar-refractivity contribution in [3.05, 3.63) is 47.3 Å². The van der Waals surface area contributed by atoms with Gasteiger partial charge in [-0.2, -0.15) is 0 Å². The number of halogens is 1. The van der Waals surface area contributed by atoms with Crippen LogP contribution in [0.1, 0.15) is 37.7 Å². The highest BCUT2D eigenvalue weighted by molar-refractivity contribution is 6.44. The average molecular weight is 330 g/mol. The third-order valence-corrected chi connectivity index (χ3v) is 4.41. The van der Waals surface area contributed by atoms with Crippen molar-refractivity contribution in [2.75, 3.05) is 6.54 Å². The van der Waals surface area contributed by atoms with E-state index in [4.69, 9.17) is 0 Å². The number of carbonyl (C=O) groups excluding carboxylic acids is 3. The number of benzene rings is 1. The highest BCUT2D eigenvalue weighted by atomic mass is 19.1. The predicted molar refractivity (Wildman–Crippen MR) is 85.2 cm³/mol. The molecule has 0 aromatic heterocycles. The number of imide groups is 2. The Morgan fingerprint density at radius 3 is 2.54 bits per heavy atom. The van der Waals surface area contributed by atoms with Crippen LogP contribution in [0.15, 0.2) is 35.9 Å². The Balaban J connectivity index is 1.67. The molecule has 2 aliphatic rings. The van der Waals surface area contributed by atoms with E-state index in [0.717, 1.165) is 29.1 Å². The lowest BCUT2D eigenvalue weighted by Gasteiger charge is -2.18. The van der Waals surface area contributed by atoms with Gasteiger partial charge in [-0.05, 0) is 49.8 Å². The zero-order valence-corrected chi connectivity index (χ0v) is 13.3. The molecule has 0 radical (unpaired) electrons. The lowest BCUT2D eigenvalue weighted by molar-refractivity contribution is -0.143. The van der Waals surface area contributed by atoms with Gasteiger partial charge in [0.25, 0.3) is 0 Å². The van der Waals surface area contributed by atoms with Crippen molar-refractivity contribution in [1.82, 2.24) is 9.80 Å². The summed E-state index contributed by atoms with van der Waals surface area (Å²) in [6.45, 7) is 0.120. The van der Waals surface area contributed by atoms with Crippen LogP contribution >= 0.6 is 0 Å². The van der Waals surface area contributed by atoms with Crippen LogP contribution in [0.4, 0.5) is 9.18 Å². The van der Waals surface area contributed by atoms with E-state index in [2.05, 4.69) is 6.08 Å². The van der Waals surface area contributed by atoms with Crippen molar-refractivity contribution < 1.29 is 18.8 Å². The van der Waals surface area contributed by atoms with Crippen LogP contribution in [0.5, 0.6) is 0 Å². The van der Waals surface area contributed by atoms with E-state index in [1.54, 1.807) is 6.07 Å². The molecule has 24 heavy (non-hydrogen) atoms. The van der Waals surface area contributed by atoms with Gasteiger partial charge in [0.05, 0.1) is 6.54 Å². The minimum Gasteiger partial charge on any atom is -0.263 e. The second-order valence-corrected chi connectivity index (χ2v) is 6.12. The van der Waals surface area contributed by atoms with Crippen LogP contribution < -0.4 is 0 Å². The van der Waals surface area contributed by atoms with Crippen LogP contribution in [-0.2, 0) is 16.1 Å². The molecule has 0 bridgehead atoms. The van der Waals surface area contributed by atoms with E-state index in [1.807, 2.05) is 0 Å². The number of hydrogen-bond donors (Lipinski definition) is 0. The lowest BCUT2D eigenvalue weighted by Crippen LogP contribution is -2.34. The molecule has 1 heterocycles. The SMILES string of the molecule is O=C1C(=O)N(Cc2cccc(F)c2)C(=O)N1CCC1=CCCCC1. The van der Waals surface area contributed by atoms with Gasteiger partial charge in [-0.15, -0.1) is 0 Å². The maximum absolute atomic E-state index is 13.2. The summed E-state index contributed by atoms with van der Waals surface area (Å²) in [5.41, 5.74) is 1.71. The van der Waals surface area contributed by atoms with Crippen LogP contribution in [-0.4, -0.2) is 34.2 Å². The molecule has 1 aliphatic heterocycles. The van der Waals surface area contributed by atoms with Crippen molar-refractivity contribution >= 4 is 17.8 Å². The summed E-state index contributed by atoms with van der Waals surface area (Å²) in [4.78, 5) is 38.4. The van der Waals surface area contributed by atoms with Gasteiger partial charge < -0.3 is 0 Å². The molecule has 1 aromatic carbocycles. The monoisotopic (exact) mass is 330 g/mol. The molecule has 0 spiro atoms. The van der Waals surface area contributed by atoms with Crippen LogP contribution in [0.25, 0.3) is 0 Å². The molecule has 6 heteroatoms. The molecule has 1 aromatic rings. The van der Waals surface area contributed by atoms with Crippen molar-refractivity contribution in [3.8, 4) is 0 Å². The summed E-state index contributed by atoms with van der Waals surface area (Å²) in [6.07, 6.45) is 7.07. The van der Waals surface area contributed by atoms with Crippen molar-refractivity contribution in [3.63, 3.8) is 0 Å². The number of carbonyl (C=O) groups is 3. The summed E-state index contributed by atoms with van der Waals surface area (Å²) < 4.78 is 13.2. The van der Waals surface area contributed by atoms with E-state index in [9.17, 15) is 18.8 Å². The minimum absolute atomic E-state index is 0.0969. The second-order valence-electron chi connectivity index (χ2n) is 6.12. The van der Waals surface area contributed by atoms with Gasteiger partial charge in [0, 0.05) is 6.54 Å². The molecule has 1 saturated heterocycles. The van der Waals surface area contributed by atoms with Crippen molar-refractivity contribution in [1.29, 1.82) is 0 Å². The lowest BCUT2D eigenvalue weighted by atomic mass is 9.97. The maximum atomic E-state index is 13.2. The van der Waals surface area contributed by atoms with Crippen molar-refractivity contribution in [2.45, 2.75) is 38.6 Å². The van der Waals surface area contributed by atoms with E-state index in [1.165, 1.54) is 30.2 Å². The minimum atomic E-state index is -0.845. The molecule has 0 atom stereocenters. The third-order valence-electron chi connectivity index (χ3n) is 4.41. The van der Waals surface area contributed by atoms with Gasteiger partial charge in [0.2, 0.25) is 0 Å². The van der Waals surface area contributed by atoms with E-state index < -0.39 is 23.7 Å². The standard InChI is InChI=1S/C18H19FN2O3/c19-15-8-4-7-14(11-15)12-21-17(23)16(22)20(18(21)24)10-9-13-5-2-1-3-6-13/h4-5,7-8,11H,1-3,6,9-10,12H2. The molecule has 5 nitrogen and oxygen atoms in total. The normalized spacial score (nSPS) is 18.4. The maximum Gasteiger partial charge on any atom is 0.334 e. The molecular formula is C18H19FN2O3. The summed E-state index contributed by atoms with van der Waals surface area (Å²) in [5, 5.41) is 0. The number of urea groups is 1. The summed E-state index contributed by atoms with van der Waals surface area (Å²) in [6, 6.07) is 5.03.